The van der Waals surface area contributed by atoms with Gasteiger partial charge in [0.05, 0.1) is 12.3 Å². The Bertz CT molecular complexity index is 437. The third kappa shape index (κ3) is 3.17. The van der Waals surface area contributed by atoms with Crippen molar-refractivity contribution in [2.45, 2.75) is 50.2 Å². The lowest BCUT2D eigenvalue weighted by molar-refractivity contribution is 0.203. The molecule has 0 bridgehead atoms. The fourth-order valence-corrected chi connectivity index (χ4v) is 3.95. The Labute approximate surface area is 127 Å². The Kier molecular flexibility index (Phi) is 4.01. The van der Waals surface area contributed by atoms with Crippen molar-refractivity contribution in [2.75, 3.05) is 32.7 Å². The standard InChI is InChI=1S/C17H27N3O/c1-2-9-19(8-1)16(17-4-3-11-21-17)12-18-14-7-10-20(13-14)15-5-6-15/h3-4,11,14-16,18H,1-2,5-10,12-13H2. The van der Waals surface area contributed by atoms with Crippen LogP contribution in [0.2, 0.25) is 0 Å². The van der Waals surface area contributed by atoms with E-state index in [1.165, 1.54) is 58.3 Å². The lowest BCUT2D eigenvalue weighted by atomic mass is 10.1. The van der Waals surface area contributed by atoms with Crippen molar-refractivity contribution in [2.24, 2.45) is 0 Å². The van der Waals surface area contributed by atoms with Gasteiger partial charge in [-0.25, -0.2) is 0 Å². The van der Waals surface area contributed by atoms with Crippen LogP contribution in [-0.4, -0.2) is 54.6 Å². The van der Waals surface area contributed by atoms with E-state index in [0.717, 1.165) is 18.3 Å². The van der Waals surface area contributed by atoms with Crippen molar-refractivity contribution in [3.63, 3.8) is 0 Å². The van der Waals surface area contributed by atoms with Gasteiger partial charge in [-0.1, -0.05) is 0 Å². The molecule has 1 N–H and O–H groups in total. The Morgan fingerprint density at radius 3 is 2.76 bits per heavy atom. The summed E-state index contributed by atoms with van der Waals surface area (Å²) in [5, 5.41) is 3.82. The predicted molar refractivity (Wildman–Crippen MR) is 83.3 cm³/mol. The van der Waals surface area contributed by atoms with Crippen LogP contribution in [0.15, 0.2) is 22.8 Å². The molecule has 0 spiro atoms. The van der Waals surface area contributed by atoms with Crippen molar-refractivity contribution in [3.05, 3.63) is 24.2 Å². The van der Waals surface area contributed by atoms with Gasteiger partial charge < -0.3 is 9.73 Å². The van der Waals surface area contributed by atoms with Crippen LogP contribution in [0.3, 0.4) is 0 Å². The highest BCUT2D eigenvalue weighted by Crippen LogP contribution is 2.30. The van der Waals surface area contributed by atoms with Crippen LogP contribution in [0.1, 0.15) is 43.9 Å². The van der Waals surface area contributed by atoms with Crippen molar-refractivity contribution in [3.8, 4) is 0 Å². The first-order valence-electron chi connectivity index (χ1n) is 8.65. The Balaban J connectivity index is 1.34. The summed E-state index contributed by atoms with van der Waals surface area (Å²) in [6.45, 7) is 5.99. The quantitative estimate of drug-likeness (QED) is 0.870. The summed E-state index contributed by atoms with van der Waals surface area (Å²) in [5.41, 5.74) is 0. The van der Waals surface area contributed by atoms with Crippen LogP contribution < -0.4 is 5.32 Å². The third-order valence-electron chi connectivity index (χ3n) is 5.34. The largest absolute Gasteiger partial charge is 0.468 e. The second-order valence-corrected chi connectivity index (χ2v) is 6.89. The van der Waals surface area contributed by atoms with Crippen LogP contribution >= 0.6 is 0 Å². The van der Waals surface area contributed by atoms with E-state index in [1.807, 2.05) is 12.3 Å². The van der Waals surface area contributed by atoms with Gasteiger partial charge in [0.15, 0.2) is 0 Å². The van der Waals surface area contributed by atoms with Crippen LogP contribution in [0.4, 0.5) is 0 Å². The summed E-state index contributed by atoms with van der Waals surface area (Å²) in [4.78, 5) is 5.26. The van der Waals surface area contributed by atoms with E-state index in [4.69, 9.17) is 4.42 Å². The molecule has 3 fully saturated rings. The minimum atomic E-state index is 0.414. The number of rotatable bonds is 6. The summed E-state index contributed by atoms with van der Waals surface area (Å²) in [7, 11) is 0. The van der Waals surface area contributed by atoms with E-state index in [-0.39, 0.29) is 0 Å². The highest BCUT2D eigenvalue weighted by Gasteiger charge is 2.35. The van der Waals surface area contributed by atoms with Gasteiger partial charge in [-0.3, -0.25) is 9.80 Å². The maximum Gasteiger partial charge on any atom is 0.122 e. The number of hydrogen-bond donors (Lipinski definition) is 1. The van der Waals surface area contributed by atoms with Crippen LogP contribution in [0.25, 0.3) is 0 Å². The third-order valence-corrected chi connectivity index (χ3v) is 5.34. The van der Waals surface area contributed by atoms with Gasteiger partial charge in [-0.2, -0.15) is 0 Å². The number of nitrogens with zero attached hydrogens (tertiary/aromatic N) is 2. The fourth-order valence-electron chi connectivity index (χ4n) is 3.95. The van der Waals surface area contributed by atoms with E-state index < -0.39 is 0 Å². The molecule has 4 heteroatoms. The normalized spacial score (nSPS) is 29.2. The lowest BCUT2D eigenvalue weighted by Gasteiger charge is -2.27. The molecule has 2 saturated heterocycles. The van der Waals surface area contributed by atoms with E-state index in [9.17, 15) is 0 Å². The Morgan fingerprint density at radius 1 is 1.19 bits per heavy atom. The zero-order valence-electron chi connectivity index (χ0n) is 12.8. The summed E-state index contributed by atoms with van der Waals surface area (Å²) >= 11 is 0. The smallest absolute Gasteiger partial charge is 0.122 e. The molecular weight excluding hydrogens is 262 g/mol. The lowest BCUT2D eigenvalue weighted by Crippen LogP contribution is -2.40. The molecule has 2 aliphatic heterocycles. The molecule has 0 radical (unpaired) electrons. The molecule has 3 aliphatic rings. The monoisotopic (exact) mass is 289 g/mol. The van der Waals surface area contributed by atoms with Crippen molar-refractivity contribution in [1.29, 1.82) is 0 Å². The molecule has 2 unspecified atom stereocenters. The average molecular weight is 289 g/mol. The molecule has 21 heavy (non-hydrogen) atoms. The Morgan fingerprint density at radius 2 is 2.05 bits per heavy atom. The molecule has 4 nitrogen and oxygen atoms in total. The minimum absolute atomic E-state index is 0.414. The van der Waals surface area contributed by atoms with Crippen molar-refractivity contribution in [1.82, 2.24) is 15.1 Å². The molecule has 4 rings (SSSR count). The molecule has 116 valence electrons. The van der Waals surface area contributed by atoms with E-state index in [1.54, 1.807) is 0 Å². The second kappa shape index (κ2) is 6.11. The van der Waals surface area contributed by atoms with Crippen LogP contribution in [0.5, 0.6) is 0 Å². The molecule has 2 atom stereocenters. The first-order chi connectivity index (χ1) is 10.4. The zero-order valence-corrected chi connectivity index (χ0v) is 12.8. The number of likely N-dealkylation sites (tertiary alicyclic amines) is 2. The number of nitrogens with one attached hydrogen (secondary N) is 1. The van der Waals surface area contributed by atoms with Crippen LogP contribution in [0, 0.1) is 0 Å². The highest BCUT2D eigenvalue weighted by molar-refractivity contribution is 5.06. The maximum absolute atomic E-state index is 5.70. The first-order valence-corrected chi connectivity index (χ1v) is 8.65. The summed E-state index contributed by atoms with van der Waals surface area (Å²) in [6.07, 6.45) is 8.63. The Hall–Kier alpha value is -0.840. The van der Waals surface area contributed by atoms with Gasteiger partial charge in [0.1, 0.15) is 5.76 Å². The van der Waals surface area contributed by atoms with Gasteiger partial charge in [-0.05, 0) is 57.3 Å². The molecule has 3 heterocycles. The SMILES string of the molecule is c1coc(C(CNC2CCN(C3CC3)C2)N2CCCC2)c1. The van der Waals surface area contributed by atoms with Gasteiger partial charge in [-0.15, -0.1) is 0 Å². The van der Waals surface area contributed by atoms with Crippen LogP contribution in [-0.2, 0) is 0 Å². The minimum Gasteiger partial charge on any atom is -0.468 e. The van der Waals surface area contributed by atoms with Gasteiger partial charge in [0.2, 0.25) is 0 Å². The molecule has 1 saturated carbocycles. The fraction of sp³-hybridized carbons (Fsp3) is 0.765. The van der Waals surface area contributed by atoms with E-state index in [2.05, 4.69) is 21.2 Å². The number of furan rings is 1. The van der Waals surface area contributed by atoms with E-state index in [0.29, 0.717) is 12.1 Å². The first kappa shape index (κ1) is 13.8. The molecule has 1 aliphatic carbocycles. The molecule has 0 aromatic carbocycles. The summed E-state index contributed by atoms with van der Waals surface area (Å²) < 4.78 is 5.70. The molecular formula is C17H27N3O. The summed E-state index contributed by atoms with van der Waals surface area (Å²) in [6, 6.07) is 6.15. The van der Waals surface area contributed by atoms with Gasteiger partial charge >= 0.3 is 0 Å². The molecule has 0 amide bonds. The highest BCUT2D eigenvalue weighted by atomic mass is 16.3. The molecule has 1 aromatic heterocycles. The van der Waals surface area contributed by atoms with Gasteiger partial charge in [0, 0.05) is 31.7 Å². The number of hydrogen-bond acceptors (Lipinski definition) is 4. The molecule has 1 aromatic rings. The van der Waals surface area contributed by atoms with Crippen molar-refractivity contribution >= 4 is 0 Å². The zero-order chi connectivity index (χ0) is 14.1. The topological polar surface area (TPSA) is 31.7 Å². The summed E-state index contributed by atoms with van der Waals surface area (Å²) in [5.74, 6) is 1.13. The van der Waals surface area contributed by atoms with E-state index >= 15 is 0 Å². The average Bonchev–Trinajstić information content (AvgIpc) is 2.96. The van der Waals surface area contributed by atoms with Gasteiger partial charge in [0.25, 0.3) is 0 Å². The second-order valence-electron chi connectivity index (χ2n) is 6.89. The predicted octanol–water partition coefficient (Wildman–Crippen LogP) is 2.24. The van der Waals surface area contributed by atoms with Crippen molar-refractivity contribution < 1.29 is 4.42 Å². The maximum atomic E-state index is 5.70.